The molecule has 0 atom stereocenters. The van der Waals surface area contributed by atoms with E-state index in [2.05, 4.69) is 13.1 Å². The number of hydrogen-bond acceptors (Lipinski definition) is 3. The normalized spacial score (nSPS) is 19.1. The number of rotatable bonds is 5. The molecule has 0 aliphatic carbocycles. The summed E-state index contributed by atoms with van der Waals surface area (Å²) in [5.74, 6) is -0.320. The summed E-state index contributed by atoms with van der Waals surface area (Å²) in [6, 6.07) is 2.50. The van der Waals surface area contributed by atoms with Crippen molar-refractivity contribution in [2.45, 2.75) is 44.8 Å². The molecule has 0 bridgehead atoms. The largest absolute Gasteiger partial charge is 0.460 e. The van der Waals surface area contributed by atoms with Crippen LogP contribution < -0.4 is 0 Å². The second-order valence-corrected chi connectivity index (χ2v) is 8.96. The van der Waals surface area contributed by atoms with Gasteiger partial charge in [-0.05, 0) is 25.6 Å². The van der Waals surface area contributed by atoms with E-state index in [9.17, 15) is 4.79 Å². The summed E-state index contributed by atoms with van der Waals surface area (Å²) in [5, 5.41) is 0. The fourth-order valence-electron chi connectivity index (χ4n) is 1.99. The highest BCUT2D eigenvalue weighted by Gasteiger charge is 2.30. The standard InChI is InChI=1S/C12H22O3Si/c1-11(2)12(13)14-7-8-15-16(3)9-5-4-6-10-16/h1,4-10H2,2-3H3. The van der Waals surface area contributed by atoms with Crippen LogP contribution in [-0.4, -0.2) is 27.5 Å². The molecule has 0 saturated carbocycles. The SMILES string of the molecule is C=C(C)C(=O)OCCO[Si]1(C)CCCCC1. The lowest BCUT2D eigenvalue weighted by Gasteiger charge is -2.30. The molecule has 0 aromatic rings. The maximum atomic E-state index is 11.1. The van der Waals surface area contributed by atoms with Gasteiger partial charge in [0.25, 0.3) is 0 Å². The molecule has 1 aliphatic heterocycles. The minimum Gasteiger partial charge on any atom is -0.460 e. The van der Waals surface area contributed by atoms with Crippen LogP contribution in [0.25, 0.3) is 0 Å². The van der Waals surface area contributed by atoms with Crippen LogP contribution in [0.15, 0.2) is 12.2 Å². The van der Waals surface area contributed by atoms with Gasteiger partial charge in [0.1, 0.15) is 6.61 Å². The van der Waals surface area contributed by atoms with Crippen LogP contribution >= 0.6 is 0 Å². The minimum atomic E-state index is -1.45. The monoisotopic (exact) mass is 242 g/mol. The summed E-state index contributed by atoms with van der Waals surface area (Å²) in [5.41, 5.74) is 0.445. The van der Waals surface area contributed by atoms with E-state index in [1.807, 2.05) is 0 Å². The zero-order chi connectivity index (χ0) is 12.0. The lowest BCUT2D eigenvalue weighted by molar-refractivity contribution is -0.139. The second-order valence-electron chi connectivity index (χ2n) is 4.78. The number of carbonyl (C=O) groups excluding carboxylic acids is 1. The van der Waals surface area contributed by atoms with Crippen LogP contribution in [-0.2, 0) is 14.0 Å². The Balaban J connectivity index is 2.14. The predicted octanol–water partition coefficient (Wildman–Crippen LogP) is 2.88. The van der Waals surface area contributed by atoms with Gasteiger partial charge < -0.3 is 9.16 Å². The Morgan fingerprint density at radius 2 is 1.88 bits per heavy atom. The molecule has 0 spiro atoms. The van der Waals surface area contributed by atoms with E-state index >= 15 is 0 Å². The first kappa shape index (κ1) is 13.5. The molecule has 1 heterocycles. The summed E-state index contributed by atoms with van der Waals surface area (Å²) in [6.45, 7) is 8.37. The third kappa shape index (κ3) is 4.49. The quantitative estimate of drug-likeness (QED) is 0.322. The maximum Gasteiger partial charge on any atom is 0.333 e. The number of carbonyl (C=O) groups is 1. The molecule has 0 amide bonds. The fourth-order valence-corrected chi connectivity index (χ4v) is 5.10. The van der Waals surface area contributed by atoms with Crippen molar-refractivity contribution in [1.29, 1.82) is 0 Å². The number of esters is 1. The first-order valence-electron chi connectivity index (χ1n) is 6.00. The van der Waals surface area contributed by atoms with Crippen molar-refractivity contribution >= 4 is 14.3 Å². The Morgan fingerprint density at radius 3 is 2.44 bits per heavy atom. The summed E-state index contributed by atoms with van der Waals surface area (Å²) >= 11 is 0. The molecule has 0 N–H and O–H groups in total. The van der Waals surface area contributed by atoms with Gasteiger partial charge in [-0.15, -0.1) is 0 Å². The molecule has 4 heteroatoms. The van der Waals surface area contributed by atoms with Gasteiger partial charge in [0.15, 0.2) is 8.32 Å². The van der Waals surface area contributed by atoms with Gasteiger partial charge in [-0.25, -0.2) is 4.79 Å². The van der Waals surface area contributed by atoms with E-state index in [1.165, 1.54) is 31.4 Å². The van der Waals surface area contributed by atoms with E-state index < -0.39 is 8.32 Å². The van der Waals surface area contributed by atoms with Gasteiger partial charge >= 0.3 is 5.97 Å². The average Bonchev–Trinajstić information content (AvgIpc) is 2.25. The van der Waals surface area contributed by atoms with Gasteiger partial charge in [-0.3, -0.25) is 0 Å². The lowest BCUT2D eigenvalue weighted by Crippen LogP contribution is -2.37. The van der Waals surface area contributed by atoms with E-state index in [-0.39, 0.29) is 5.97 Å². The van der Waals surface area contributed by atoms with Crippen LogP contribution in [0.4, 0.5) is 0 Å². The highest BCUT2D eigenvalue weighted by atomic mass is 28.4. The van der Waals surface area contributed by atoms with Gasteiger partial charge in [-0.2, -0.15) is 0 Å². The first-order chi connectivity index (χ1) is 7.53. The van der Waals surface area contributed by atoms with Crippen LogP contribution in [0.2, 0.25) is 18.6 Å². The summed E-state index contributed by atoms with van der Waals surface area (Å²) in [6.07, 6.45) is 3.94. The lowest BCUT2D eigenvalue weighted by atomic mass is 10.3. The van der Waals surface area contributed by atoms with Crippen LogP contribution in [0.1, 0.15) is 26.2 Å². The first-order valence-corrected chi connectivity index (χ1v) is 8.82. The van der Waals surface area contributed by atoms with Crippen molar-refractivity contribution in [2.75, 3.05) is 13.2 Å². The molecule has 1 saturated heterocycles. The van der Waals surface area contributed by atoms with Crippen molar-refractivity contribution in [3.63, 3.8) is 0 Å². The third-order valence-corrected chi connectivity index (χ3v) is 6.75. The van der Waals surface area contributed by atoms with Gasteiger partial charge in [-0.1, -0.05) is 25.8 Å². The van der Waals surface area contributed by atoms with Gasteiger partial charge in [0.2, 0.25) is 0 Å². The Morgan fingerprint density at radius 1 is 1.25 bits per heavy atom. The van der Waals surface area contributed by atoms with Gasteiger partial charge in [0, 0.05) is 5.57 Å². The van der Waals surface area contributed by atoms with E-state index in [0.29, 0.717) is 18.8 Å². The minimum absolute atomic E-state index is 0.320. The van der Waals surface area contributed by atoms with Crippen LogP contribution in [0, 0.1) is 0 Å². The highest BCUT2D eigenvalue weighted by molar-refractivity contribution is 6.72. The highest BCUT2D eigenvalue weighted by Crippen LogP contribution is 2.28. The van der Waals surface area contributed by atoms with Crippen LogP contribution in [0.3, 0.4) is 0 Å². The molecule has 0 unspecified atom stereocenters. The molecular formula is C12H22O3Si. The maximum absolute atomic E-state index is 11.1. The summed E-state index contributed by atoms with van der Waals surface area (Å²) in [4.78, 5) is 11.1. The molecule has 92 valence electrons. The molecule has 1 fully saturated rings. The Hall–Kier alpha value is -0.613. The zero-order valence-electron chi connectivity index (χ0n) is 10.4. The van der Waals surface area contributed by atoms with E-state index in [0.717, 1.165) is 0 Å². The molecule has 1 rings (SSSR count). The van der Waals surface area contributed by atoms with Crippen molar-refractivity contribution < 1.29 is 14.0 Å². The third-order valence-electron chi connectivity index (χ3n) is 3.03. The molecule has 0 radical (unpaired) electrons. The molecule has 1 aliphatic rings. The Bertz CT molecular complexity index is 257. The fraction of sp³-hybridized carbons (Fsp3) is 0.750. The van der Waals surface area contributed by atoms with Gasteiger partial charge in [0.05, 0.1) is 6.61 Å². The molecule has 3 nitrogen and oxygen atoms in total. The van der Waals surface area contributed by atoms with Crippen molar-refractivity contribution in [2.24, 2.45) is 0 Å². The predicted molar refractivity (Wildman–Crippen MR) is 66.8 cm³/mol. The molecular weight excluding hydrogens is 220 g/mol. The van der Waals surface area contributed by atoms with Crippen molar-refractivity contribution in [3.8, 4) is 0 Å². The van der Waals surface area contributed by atoms with E-state index in [1.54, 1.807) is 6.92 Å². The van der Waals surface area contributed by atoms with Crippen LogP contribution in [0.5, 0.6) is 0 Å². The smallest absolute Gasteiger partial charge is 0.333 e. The van der Waals surface area contributed by atoms with Crippen molar-refractivity contribution in [1.82, 2.24) is 0 Å². The zero-order valence-corrected chi connectivity index (χ0v) is 11.4. The van der Waals surface area contributed by atoms with Crippen molar-refractivity contribution in [3.05, 3.63) is 12.2 Å². The summed E-state index contributed by atoms with van der Waals surface area (Å²) in [7, 11) is -1.45. The molecule has 0 aromatic heterocycles. The molecule has 16 heavy (non-hydrogen) atoms. The van der Waals surface area contributed by atoms with E-state index in [4.69, 9.17) is 9.16 Å². The number of ether oxygens (including phenoxy) is 1. The second kappa shape index (κ2) is 6.20. The topological polar surface area (TPSA) is 35.5 Å². The Kier molecular flexibility index (Phi) is 5.22. The number of hydrogen-bond donors (Lipinski definition) is 0. The molecule has 0 aromatic carbocycles. The average molecular weight is 242 g/mol. The Labute approximate surface area is 99.0 Å². The summed E-state index contributed by atoms with van der Waals surface area (Å²) < 4.78 is 10.9.